The van der Waals surface area contributed by atoms with Crippen molar-refractivity contribution in [3.8, 4) is 0 Å². The molecule has 1 saturated heterocycles. The number of hydrogen-bond donors (Lipinski definition) is 1. The van der Waals surface area contributed by atoms with E-state index in [2.05, 4.69) is 15.4 Å². The molecule has 1 N–H and O–H groups in total. The Balaban J connectivity index is 1.93. The first-order valence-electron chi connectivity index (χ1n) is 9.05. The summed E-state index contributed by atoms with van der Waals surface area (Å²) in [6, 6.07) is 0.132. The third-order valence-electron chi connectivity index (χ3n) is 4.98. The van der Waals surface area contributed by atoms with Crippen LogP contribution in [0.5, 0.6) is 0 Å². The predicted molar refractivity (Wildman–Crippen MR) is 106 cm³/mol. The molecule has 3 heterocycles. The average Bonchev–Trinajstić information content (AvgIpc) is 2.97. The van der Waals surface area contributed by atoms with Gasteiger partial charge in [-0.1, -0.05) is 11.6 Å². The molecule has 0 aromatic carbocycles. The minimum absolute atomic E-state index is 0.132. The number of piperidine rings is 1. The Hall–Kier alpha value is -1.42. The van der Waals surface area contributed by atoms with Gasteiger partial charge in [0.05, 0.1) is 11.8 Å². The number of halogens is 1. The van der Waals surface area contributed by atoms with E-state index in [9.17, 15) is 8.42 Å². The number of pyridine rings is 1. The zero-order valence-corrected chi connectivity index (χ0v) is 17.7. The van der Waals surface area contributed by atoms with Gasteiger partial charge in [0.25, 0.3) is 0 Å². The summed E-state index contributed by atoms with van der Waals surface area (Å²) in [5.74, 6) is 0.731. The smallest absolute Gasteiger partial charge is 0.211 e. The van der Waals surface area contributed by atoms with Crippen molar-refractivity contribution >= 4 is 32.7 Å². The van der Waals surface area contributed by atoms with Gasteiger partial charge >= 0.3 is 0 Å². The first-order chi connectivity index (χ1) is 12.7. The van der Waals surface area contributed by atoms with E-state index in [0.29, 0.717) is 37.0 Å². The predicted octanol–water partition coefficient (Wildman–Crippen LogP) is 2.21. The number of aryl methyl sites for hydroxylation is 2. The number of nitrogens with one attached hydrogen (secondary N) is 1. The number of fused-ring (bicyclic) bond motifs is 1. The number of sulfonamides is 1. The summed E-state index contributed by atoms with van der Waals surface area (Å²) in [5.41, 5.74) is 6.92. The number of hydrogen-bond acceptors (Lipinski definition) is 6. The highest BCUT2D eigenvalue weighted by molar-refractivity contribution is 7.88. The summed E-state index contributed by atoms with van der Waals surface area (Å²) < 4.78 is 32.5. The first-order valence-corrected chi connectivity index (χ1v) is 11.3. The molecule has 0 aliphatic carbocycles. The van der Waals surface area contributed by atoms with Crippen molar-refractivity contribution in [2.24, 2.45) is 0 Å². The summed E-state index contributed by atoms with van der Waals surface area (Å²) in [4.78, 5) is 9.01. The lowest BCUT2D eigenvalue weighted by Gasteiger charge is -2.32. The largest absolute Gasteiger partial charge is 0.374 e. The van der Waals surface area contributed by atoms with E-state index in [-0.39, 0.29) is 6.04 Å². The summed E-state index contributed by atoms with van der Waals surface area (Å²) in [6.45, 7) is 7.80. The Bertz CT molecular complexity index is 936. The van der Waals surface area contributed by atoms with Crippen LogP contribution in [0.15, 0.2) is 0 Å². The highest BCUT2D eigenvalue weighted by Crippen LogP contribution is 2.28. The van der Waals surface area contributed by atoms with Crippen molar-refractivity contribution in [3.63, 3.8) is 0 Å². The van der Waals surface area contributed by atoms with E-state index in [1.807, 2.05) is 25.4 Å². The molecule has 150 valence electrons. The molecule has 0 radical (unpaired) electrons. The van der Waals surface area contributed by atoms with Crippen LogP contribution in [-0.4, -0.2) is 59.4 Å². The number of ether oxygens (including phenoxy) is 1. The van der Waals surface area contributed by atoms with Gasteiger partial charge in [-0.3, -0.25) is 0 Å². The van der Waals surface area contributed by atoms with Crippen LogP contribution in [-0.2, 0) is 21.4 Å². The van der Waals surface area contributed by atoms with Crippen LogP contribution in [0.1, 0.15) is 36.8 Å². The van der Waals surface area contributed by atoms with Crippen molar-refractivity contribution in [2.75, 3.05) is 31.4 Å². The van der Waals surface area contributed by atoms with E-state index in [1.54, 1.807) is 0 Å². The van der Waals surface area contributed by atoms with Crippen LogP contribution in [0, 0.1) is 13.8 Å². The van der Waals surface area contributed by atoms with Gasteiger partial charge < -0.3 is 10.2 Å². The summed E-state index contributed by atoms with van der Waals surface area (Å²) in [6.07, 6.45) is 2.70. The van der Waals surface area contributed by atoms with E-state index in [1.165, 1.54) is 10.6 Å². The van der Waals surface area contributed by atoms with Crippen molar-refractivity contribution < 1.29 is 13.2 Å². The van der Waals surface area contributed by atoms with Crippen molar-refractivity contribution in [2.45, 2.75) is 46.3 Å². The molecule has 0 amide bonds. The summed E-state index contributed by atoms with van der Waals surface area (Å²) in [7, 11) is -3.14. The molecule has 2 aromatic rings. The van der Waals surface area contributed by atoms with Crippen LogP contribution in [0.2, 0.25) is 5.15 Å². The second-order valence-corrected chi connectivity index (χ2v) is 9.22. The molecule has 1 aliphatic heterocycles. The third kappa shape index (κ3) is 4.21. The SMILES string of the molecule is CCOCc1nc2c(Cl)nc(C)c(C)c2n1NC1CCN(S(C)(=O)=O)CC1. The highest BCUT2D eigenvalue weighted by Gasteiger charge is 2.26. The lowest BCUT2D eigenvalue weighted by atomic mass is 10.1. The fourth-order valence-electron chi connectivity index (χ4n) is 3.34. The molecular weight excluding hydrogens is 390 g/mol. The van der Waals surface area contributed by atoms with Gasteiger partial charge in [0.1, 0.15) is 12.1 Å². The molecule has 8 nitrogen and oxygen atoms in total. The minimum atomic E-state index is -3.14. The maximum Gasteiger partial charge on any atom is 0.211 e. The van der Waals surface area contributed by atoms with Crippen molar-refractivity contribution in [1.29, 1.82) is 0 Å². The molecule has 0 bridgehead atoms. The van der Waals surface area contributed by atoms with E-state index in [4.69, 9.17) is 16.3 Å². The topological polar surface area (TPSA) is 89.3 Å². The Morgan fingerprint density at radius 1 is 1.26 bits per heavy atom. The zero-order valence-electron chi connectivity index (χ0n) is 16.1. The van der Waals surface area contributed by atoms with Crippen LogP contribution < -0.4 is 5.43 Å². The molecular formula is C17H26ClN5O3S. The monoisotopic (exact) mass is 415 g/mol. The lowest BCUT2D eigenvalue weighted by molar-refractivity contribution is 0.126. The zero-order chi connectivity index (χ0) is 19.8. The van der Waals surface area contributed by atoms with E-state index < -0.39 is 10.0 Å². The second-order valence-electron chi connectivity index (χ2n) is 6.88. The molecule has 0 saturated carbocycles. The molecule has 2 aromatic heterocycles. The van der Waals surface area contributed by atoms with Crippen LogP contribution in [0.4, 0.5) is 0 Å². The second kappa shape index (κ2) is 7.90. The average molecular weight is 416 g/mol. The van der Waals surface area contributed by atoms with Gasteiger partial charge in [-0.25, -0.2) is 27.4 Å². The molecule has 27 heavy (non-hydrogen) atoms. The summed E-state index contributed by atoms with van der Waals surface area (Å²) in [5, 5.41) is 0.373. The van der Waals surface area contributed by atoms with E-state index >= 15 is 0 Å². The fraction of sp³-hybridized carbons (Fsp3) is 0.647. The molecule has 3 rings (SSSR count). The van der Waals surface area contributed by atoms with Crippen LogP contribution >= 0.6 is 11.6 Å². The quantitative estimate of drug-likeness (QED) is 0.727. The van der Waals surface area contributed by atoms with Gasteiger partial charge in [-0.15, -0.1) is 0 Å². The minimum Gasteiger partial charge on any atom is -0.374 e. The molecule has 1 aliphatic rings. The van der Waals surface area contributed by atoms with Gasteiger partial charge in [-0.2, -0.15) is 0 Å². The number of imidazole rings is 1. The summed E-state index contributed by atoms with van der Waals surface area (Å²) >= 11 is 6.34. The van der Waals surface area contributed by atoms with Gasteiger partial charge in [0, 0.05) is 31.4 Å². The maximum atomic E-state index is 11.7. The molecule has 10 heteroatoms. The van der Waals surface area contributed by atoms with E-state index in [0.717, 1.165) is 35.4 Å². The van der Waals surface area contributed by atoms with Crippen LogP contribution in [0.25, 0.3) is 11.0 Å². The standard InChI is InChI=1S/C17H26ClN5O3S/c1-5-26-10-14-20-15-16(11(2)12(3)19-17(15)18)23(14)21-13-6-8-22(9-7-13)27(4,24)25/h13,21H,5-10H2,1-4H3. The molecule has 1 fully saturated rings. The van der Waals surface area contributed by atoms with Gasteiger partial charge in [0.15, 0.2) is 11.0 Å². The Labute approximate surface area is 164 Å². The number of nitrogens with zero attached hydrogens (tertiary/aromatic N) is 4. The van der Waals surface area contributed by atoms with Gasteiger partial charge in [-0.05, 0) is 39.2 Å². The normalized spacial score (nSPS) is 16.9. The number of rotatable bonds is 6. The van der Waals surface area contributed by atoms with Crippen LogP contribution in [0.3, 0.4) is 0 Å². The fourth-order valence-corrected chi connectivity index (χ4v) is 4.47. The third-order valence-corrected chi connectivity index (χ3v) is 6.54. The first kappa shape index (κ1) is 20.3. The Kier molecular flexibility index (Phi) is 5.95. The highest BCUT2D eigenvalue weighted by atomic mass is 35.5. The molecule has 0 atom stereocenters. The molecule has 0 spiro atoms. The Morgan fingerprint density at radius 2 is 1.93 bits per heavy atom. The Morgan fingerprint density at radius 3 is 2.52 bits per heavy atom. The molecule has 0 unspecified atom stereocenters. The van der Waals surface area contributed by atoms with Gasteiger partial charge in [0.2, 0.25) is 10.0 Å². The van der Waals surface area contributed by atoms with Crippen molar-refractivity contribution in [1.82, 2.24) is 18.9 Å². The van der Waals surface area contributed by atoms with Crippen molar-refractivity contribution in [3.05, 3.63) is 22.2 Å². The lowest BCUT2D eigenvalue weighted by Crippen LogP contribution is -2.44. The number of aromatic nitrogens is 3. The maximum absolute atomic E-state index is 11.7.